The van der Waals surface area contributed by atoms with Gasteiger partial charge in [-0.3, -0.25) is 0 Å². The van der Waals surface area contributed by atoms with E-state index in [9.17, 15) is 0 Å². The van der Waals surface area contributed by atoms with Crippen molar-refractivity contribution in [1.82, 2.24) is 9.97 Å². The number of nitrogens with zero attached hydrogens (tertiary/aromatic N) is 1. The number of ether oxygens (including phenoxy) is 1. The smallest absolute Gasteiger partial charge is 0.144 e. The monoisotopic (exact) mass is 366 g/mol. The second-order valence-electron chi connectivity index (χ2n) is 6.01. The molecule has 0 spiro atoms. The van der Waals surface area contributed by atoms with E-state index in [0.717, 1.165) is 32.9 Å². The molecule has 0 amide bonds. The van der Waals surface area contributed by atoms with Crippen LogP contribution < -0.4 is 4.74 Å². The average Bonchev–Trinajstić information content (AvgIpc) is 2.40. The summed E-state index contributed by atoms with van der Waals surface area (Å²) in [6.45, 7) is 8.44. The number of aromatic amines is 1. The topological polar surface area (TPSA) is 37.9 Å². The van der Waals surface area contributed by atoms with E-state index < -0.39 is 0 Å². The van der Waals surface area contributed by atoms with Crippen molar-refractivity contribution in [3.63, 3.8) is 0 Å². The van der Waals surface area contributed by atoms with Crippen LogP contribution in [0, 0.1) is 11.6 Å². The first-order valence-corrected chi connectivity index (χ1v) is 7.89. The van der Waals surface area contributed by atoms with Gasteiger partial charge in [0, 0.05) is 16.7 Å². The van der Waals surface area contributed by atoms with Gasteiger partial charge < -0.3 is 9.72 Å². The van der Waals surface area contributed by atoms with Crippen LogP contribution in [0.25, 0.3) is 11.4 Å². The van der Waals surface area contributed by atoms with Gasteiger partial charge >= 0.3 is 0 Å². The molecule has 0 saturated heterocycles. The maximum atomic E-state index is 5.38. The van der Waals surface area contributed by atoms with Crippen molar-refractivity contribution in [2.75, 3.05) is 7.11 Å². The molecule has 5 heteroatoms. The van der Waals surface area contributed by atoms with E-state index in [1.165, 1.54) is 0 Å². The Morgan fingerprint density at radius 3 is 2.48 bits per heavy atom. The van der Waals surface area contributed by atoms with Crippen LogP contribution in [0.2, 0.25) is 0 Å². The molecule has 21 heavy (non-hydrogen) atoms. The van der Waals surface area contributed by atoms with Crippen molar-refractivity contribution < 1.29 is 4.74 Å². The molecule has 0 bridgehead atoms. The Morgan fingerprint density at radius 1 is 1.29 bits per heavy atom. The van der Waals surface area contributed by atoms with Crippen LogP contribution in [0.5, 0.6) is 5.75 Å². The van der Waals surface area contributed by atoms with Gasteiger partial charge in [0.05, 0.1) is 11.6 Å². The molecule has 2 aromatic rings. The van der Waals surface area contributed by atoms with Gasteiger partial charge in [-0.1, -0.05) is 33.0 Å². The maximum absolute atomic E-state index is 5.38. The van der Waals surface area contributed by atoms with E-state index in [0.29, 0.717) is 4.64 Å². The molecule has 0 aliphatic rings. The Hall–Kier alpha value is -1.20. The number of hydrogen-bond acceptors (Lipinski definition) is 3. The molecule has 0 radical (unpaired) electrons. The highest BCUT2D eigenvalue weighted by Gasteiger charge is 2.20. The summed E-state index contributed by atoms with van der Waals surface area (Å²) in [6.07, 6.45) is 0. The van der Waals surface area contributed by atoms with Gasteiger partial charge in [0.1, 0.15) is 16.2 Å². The lowest BCUT2D eigenvalue weighted by Gasteiger charge is -2.21. The first kappa shape index (κ1) is 16.2. The largest absolute Gasteiger partial charge is 0.496 e. The van der Waals surface area contributed by atoms with Gasteiger partial charge in [0.25, 0.3) is 0 Å². The number of hydrogen-bond donors (Lipinski definition) is 1. The van der Waals surface area contributed by atoms with Crippen LogP contribution in [0.3, 0.4) is 0 Å². The molecule has 1 aromatic carbocycles. The second-order valence-corrected chi connectivity index (χ2v) is 7.19. The van der Waals surface area contributed by atoms with E-state index in [1.54, 1.807) is 7.11 Å². The van der Waals surface area contributed by atoms with E-state index in [-0.39, 0.29) is 5.41 Å². The molecule has 0 fully saturated rings. The first-order chi connectivity index (χ1) is 9.74. The van der Waals surface area contributed by atoms with Gasteiger partial charge in [-0.25, -0.2) is 4.98 Å². The van der Waals surface area contributed by atoms with Crippen LogP contribution in [-0.4, -0.2) is 17.1 Å². The third-order valence-corrected chi connectivity index (χ3v) is 4.61. The van der Waals surface area contributed by atoms with Crippen LogP contribution in [0.1, 0.15) is 32.0 Å². The zero-order valence-corrected chi connectivity index (χ0v) is 15.3. The van der Waals surface area contributed by atoms with Crippen LogP contribution in [0.4, 0.5) is 0 Å². The highest BCUT2D eigenvalue weighted by Crippen LogP contribution is 2.31. The summed E-state index contributed by atoms with van der Waals surface area (Å²) in [7, 11) is 1.67. The molecule has 2 rings (SSSR count). The molecule has 0 atom stereocenters. The second kappa shape index (κ2) is 5.89. The maximum Gasteiger partial charge on any atom is 0.144 e. The molecule has 1 heterocycles. The minimum atomic E-state index is -0.0500. The highest BCUT2D eigenvalue weighted by molar-refractivity contribution is 9.10. The number of nitrogens with one attached hydrogen (secondary N) is 1. The van der Waals surface area contributed by atoms with Gasteiger partial charge in [-0.05, 0) is 46.6 Å². The number of halogens is 1. The van der Waals surface area contributed by atoms with Gasteiger partial charge in [-0.15, -0.1) is 0 Å². The number of H-pyrrole nitrogens is 1. The van der Waals surface area contributed by atoms with E-state index >= 15 is 0 Å². The van der Waals surface area contributed by atoms with E-state index in [2.05, 4.69) is 46.7 Å². The standard InChI is InChI=1S/C16H19BrN2OS/c1-9-8-10(6-7-11(9)20-5)14-18-13(16(2,3)4)12(17)15(21)19-14/h6-8H,1-5H3,(H,18,19,21). The quantitative estimate of drug-likeness (QED) is 0.743. The van der Waals surface area contributed by atoms with Crippen molar-refractivity contribution in [3.8, 4) is 17.1 Å². The average molecular weight is 367 g/mol. The molecule has 3 nitrogen and oxygen atoms in total. The number of methoxy groups -OCH3 is 1. The summed E-state index contributed by atoms with van der Waals surface area (Å²) in [5.41, 5.74) is 3.06. The lowest BCUT2D eigenvalue weighted by molar-refractivity contribution is 0.412. The number of aryl methyl sites for hydroxylation is 1. The summed E-state index contributed by atoms with van der Waals surface area (Å²) < 4.78 is 6.73. The van der Waals surface area contributed by atoms with Crippen molar-refractivity contribution in [1.29, 1.82) is 0 Å². The van der Waals surface area contributed by atoms with Crippen LogP contribution in [-0.2, 0) is 5.41 Å². The van der Waals surface area contributed by atoms with Gasteiger partial charge in [0.15, 0.2) is 0 Å². The zero-order chi connectivity index (χ0) is 15.8. The minimum Gasteiger partial charge on any atom is -0.496 e. The summed E-state index contributed by atoms with van der Waals surface area (Å²) in [6, 6.07) is 5.98. The fourth-order valence-corrected chi connectivity index (χ4v) is 3.11. The molecule has 112 valence electrons. The Labute approximate surface area is 138 Å². The number of benzene rings is 1. The predicted molar refractivity (Wildman–Crippen MR) is 92.5 cm³/mol. The molecule has 1 aromatic heterocycles. The predicted octanol–water partition coefficient (Wildman–Crippen LogP) is 5.18. The molecule has 0 aliphatic carbocycles. The summed E-state index contributed by atoms with van der Waals surface area (Å²) >= 11 is 8.92. The Balaban J connectivity index is 2.63. The minimum absolute atomic E-state index is 0.0500. The van der Waals surface area contributed by atoms with Gasteiger partial charge in [0.2, 0.25) is 0 Å². The lowest BCUT2D eigenvalue weighted by atomic mass is 9.92. The van der Waals surface area contributed by atoms with Crippen LogP contribution in [0.15, 0.2) is 22.7 Å². The normalized spacial score (nSPS) is 11.5. The summed E-state index contributed by atoms with van der Waals surface area (Å²) in [5, 5.41) is 0. The van der Waals surface area contributed by atoms with Crippen molar-refractivity contribution in [2.45, 2.75) is 33.1 Å². The zero-order valence-electron chi connectivity index (χ0n) is 12.9. The molecular weight excluding hydrogens is 348 g/mol. The van der Waals surface area contributed by atoms with E-state index in [1.807, 2.05) is 25.1 Å². The third-order valence-electron chi connectivity index (χ3n) is 3.28. The molecular formula is C16H19BrN2OS. The Morgan fingerprint density at radius 2 is 1.95 bits per heavy atom. The Kier molecular flexibility index (Phi) is 4.54. The van der Waals surface area contributed by atoms with Gasteiger partial charge in [-0.2, -0.15) is 0 Å². The SMILES string of the molecule is COc1ccc(-c2nc(=S)c(Br)c(C(C)(C)C)[nH]2)cc1C. The summed E-state index contributed by atoms with van der Waals surface area (Å²) in [5.74, 6) is 1.64. The summed E-state index contributed by atoms with van der Waals surface area (Å²) in [4.78, 5) is 7.89. The third kappa shape index (κ3) is 3.35. The van der Waals surface area contributed by atoms with Crippen molar-refractivity contribution >= 4 is 28.1 Å². The van der Waals surface area contributed by atoms with Crippen molar-refractivity contribution in [3.05, 3.63) is 38.6 Å². The van der Waals surface area contributed by atoms with E-state index in [4.69, 9.17) is 17.0 Å². The molecule has 0 unspecified atom stereocenters. The fraction of sp³-hybridized carbons (Fsp3) is 0.375. The molecule has 0 aliphatic heterocycles. The van der Waals surface area contributed by atoms with Crippen molar-refractivity contribution in [2.24, 2.45) is 0 Å². The highest BCUT2D eigenvalue weighted by atomic mass is 79.9. The molecule has 0 saturated carbocycles. The fourth-order valence-electron chi connectivity index (χ4n) is 2.14. The lowest BCUT2D eigenvalue weighted by Crippen LogP contribution is -2.16. The van der Waals surface area contributed by atoms with Crippen LogP contribution >= 0.6 is 28.1 Å². The Bertz CT molecular complexity index is 732. The number of rotatable bonds is 2. The number of aromatic nitrogens is 2. The first-order valence-electron chi connectivity index (χ1n) is 6.69. The molecule has 1 N–H and O–H groups in total.